The zero-order valence-electron chi connectivity index (χ0n) is 10.8. The third kappa shape index (κ3) is 6.54. The molecule has 0 bridgehead atoms. The summed E-state index contributed by atoms with van der Waals surface area (Å²) in [5, 5.41) is 5.79. The standard InChI is InChI=1S/C11H19N3OS.2ClH/c1-8(12)4-5-9(15)14-11(2,3)10-13-6-7-16-10;;/h6-8H,4-5,12H2,1-3H3,(H,14,15);2*1H. The van der Waals surface area contributed by atoms with Crippen LogP contribution in [0.1, 0.15) is 38.6 Å². The van der Waals surface area contributed by atoms with Crippen molar-refractivity contribution in [1.82, 2.24) is 10.3 Å². The first-order chi connectivity index (χ1) is 7.42. The highest BCUT2D eigenvalue weighted by atomic mass is 35.5. The average Bonchev–Trinajstić information content (AvgIpc) is 2.67. The Balaban J connectivity index is 0. The van der Waals surface area contributed by atoms with Crippen molar-refractivity contribution in [1.29, 1.82) is 0 Å². The van der Waals surface area contributed by atoms with Gasteiger partial charge in [-0.2, -0.15) is 0 Å². The van der Waals surface area contributed by atoms with E-state index in [1.165, 1.54) is 0 Å². The van der Waals surface area contributed by atoms with Crippen molar-refractivity contribution in [3.05, 3.63) is 16.6 Å². The molecule has 1 amide bonds. The Labute approximate surface area is 125 Å². The minimum atomic E-state index is -0.400. The molecular formula is C11H21Cl2N3OS. The third-order valence-electron chi connectivity index (χ3n) is 2.25. The number of rotatable bonds is 5. The topological polar surface area (TPSA) is 68.0 Å². The molecule has 1 aromatic rings. The van der Waals surface area contributed by atoms with Crippen molar-refractivity contribution in [2.75, 3.05) is 0 Å². The van der Waals surface area contributed by atoms with E-state index in [1.807, 2.05) is 26.2 Å². The first-order valence-electron chi connectivity index (χ1n) is 5.38. The number of hydrogen-bond donors (Lipinski definition) is 2. The monoisotopic (exact) mass is 313 g/mol. The smallest absolute Gasteiger partial charge is 0.220 e. The van der Waals surface area contributed by atoms with Gasteiger partial charge in [-0.3, -0.25) is 4.79 Å². The highest BCUT2D eigenvalue weighted by Crippen LogP contribution is 2.22. The summed E-state index contributed by atoms with van der Waals surface area (Å²) < 4.78 is 0. The van der Waals surface area contributed by atoms with Crippen LogP contribution in [0.25, 0.3) is 0 Å². The molecule has 4 nitrogen and oxygen atoms in total. The minimum absolute atomic E-state index is 0. The number of nitrogens with two attached hydrogens (primary N) is 1. The fraction of sp³-hybridized carbons (Fsp3) is 0.636. The molecule has 0 aromatic carbocycles. The molecule has 0 fully saturated rings. The molecule has 106 valence electrons. The highest BCUT2D eigenvalue weighted by Gasteiger charge is 2.25. The number of hydrogen-bond acceptors (Lipinski definition) is 4. The Morgan fingerprint density at radius 3 is 2.61 bits per heavy atom. The van der Waals surface area contributed by atoms with Gasteiger partial charge in [-0.05, 0) is 27.2 Å². The summed E-state index contributed by atoms with van der Waals surface area (Å²) in [7, 11) is 0. The maximum Gasteiger partial charge on any atom is 0.220 e. The lowest BCUT2D eigenvalue weighted by atomic mass is 10.1. The summed E-state index contributed by atoms with van der Waals surface area (Å²) in [5.74, 6) is 0.0255. The van der Waals surface area contributed by atoms with Crippen LogP contribution in [0.3, 0.4) is 0 Å². The van der Waals surface area contributed by atoms with Crippen molar-refractivity contribution >= 4 is 42.1 Å². The summed E-state index contributed by atoms with van der Waals surface area (Å²) >= 11 is 1.55. The second-order valence-corrected chi connectivity index (χ2v) is 5.42. The summed E-state index contributed by atoms with van der Waals surface area (Å²) in [4.78, 5) is 15.9. The molecule has 1 rings (SSSR count). The number of amides is 1. The van der Waals surface area contributed by atoms with Crippen LogP contribution < -0.4 is 11.1 Å². The third-order valence-corrected chi connectivity index (χ3v) is 3.34. The first-order valence-corrected chi connectivity index (χ1v) is 6.26. The molecule has 0 aliphatic carbocycles. The van der Waals surface area contributed by atoms with Crippen molar-refractivity contribution in [2.24, 2.45) is 5.73 Å². The predicted octanol–water partition coefficient (Wildman–Crippen LogP) is 2.47. The van der Waals surface area contributed by atoms with Crippen molar-refractivity contribution < 1.29 is 4.79 Å². The first kappa shape index (κ1) is 20.0. The molecule has 1 aromatic heterocycles. The maximum atomic E-state index is 11.7. The van der Waals surface area contributed by atoms with E-state index >= 15 is 0 Å². The number of aromatic nitrogens is 1. The second-order valence-electron chi connectivity index (χ2n) is 4.53. The van der Waals surface area contributed by atoms with Crippen LogP contribution in [-0.4, -0.2) is 16.9 Å². The molecule has 0 saturated carbocycles. The largest absolute Gasteiger partial charge is 0.345 e. The van der Waals surface area contributed by atoms with Gasteiger partial charge < -0.3 is 11.1 Å². The number of nitrogens with one attached hydrogen (secondary N) is 1. The lowest BCUT2D eigenvalue weighted by Crippen LogP contribution is -2.41. The normalized spacial score (nSPS) is 12.0. The molecule has 0 aliphatic rings. The molecule has 0 spiro atoms. The molecule has 1 unspecified atom stereocenters. The van der Waals surface area contributed by atoms with E-state index in [0.717, 1.165) is 5.01 Å². The van der Waals surface area contributed by atoms with Crippen LogP contribution in [0.4, 0.5) is 0 Å². The summed E-state index contributed by atoms with van der Waals surface area (Å²) in [6, 6.07) is 0.0636. The van der Waals surface area contributed by atoms with Gasteiger partial charge in [0, 0.05) is 24.0 Å². The molecular weight excluding hydrogens is 293 g/mol. The van der Waals surface area contributed by atoms with Crippen LogP contribution in [0.15, 0.2) is 11.6 Å². The Hall–Kier alpha value is -0.360. The predicted molar refractivity (Wildman–Crippen MR) is 80.7 cm³/mol. The number of halogens is 2. The van der Waals surface area contributed by atoms with Gasteiger partial charge in [-0.15, -0.1) is 36.2 Å². The highest BCUT2D eigenvalue weighted by molar-refractivity contribution is 7.09. The zero-order chi connectivity index (χ0) is 12.2. The lowest BCUT2D eigenvalue weighted by Gasteiger charge is -2.24. The number of thiazole rings is 1. The van der Waals surface area contributed by atoms with Crippen LogP contribution in [-0.2, 0) is 10.3 Å². The minimum Gasteiger partial charge on any atom is -0.345 e. The van der Waals surface area contributed by atoms with Gasteiger partial charge in [0.2, 0.25) is 5.91 Å². The van der Waals surface area contributed by atoms with Gasteiger partial charge >= 0.3 is 0 Å². The van der Waals surface area contributed by atoms with E-state index in [9.17, 15) is 4.79 Å². The summed E-state index contributed by atoms with van der Waals surface area (Å²) in [5.41, 5.74) is 5.21. The van der Waals surface area contributed by atoms with Gasteiger partial charge in [0.15, 0.2) is 0 Å². The maximum absolute atomic E-state index is 11.7. The van der Waals surface area contributed by atoms with Gasteiger partial charge in [-0.25, -0.2) is 4.98 Å². The fourth-order valence-corrected chi connectivity index (χ4v) is 2.07. The molecule has 0 aliphatic heterocycles. The van der Waals surface area contributed by atoms with E-state index in [1.54, 1.807) is 17.5 Å². The van der Waals surface area contributed by atoms with Crippen LogP contribution in [0.2, 0.25) is 0 Å². The van der Waals surface area contributed by atoms with Gasteiger partial charge in [0.05, 0.1) is 5.54 Å². The van der Waals surface area contributed by atoms with Crippen LogP contribution in [0, 0.1) is 0 Å². The molecule has 7 heteroatoms. The number of carbonyl (C=O) groups is 1. The van der Waals surface area contributed by atoms with E-state index in [0.29, 0.717) is 12.8 Å². The SMILES string of the molecule is CC(N)CCC(=O)NC(C)(C)c1nccs1.Cl.Cl. The van der Waals surface area contributed by atoms with Gasteiger partial charge in [0.1, 0.15) is 5.01 Å². The summed E-state index contributed by atoms with van der Waals surface area (Å²) in [6.45, 7) is 5.81. The van der Waals surface area contributed by atoms with Crippen molar-refractivity contribution in [2.45, 2.75) is 45.2 Å². The molecule has 3 N–H and O–H groups in total. The number of carbonyl (C=O) groups excluding carboxylic acids is 1. The Morgan fingerprint density at radius 1 is 1.56 bits per heavy atom. The summed E-state index contributed by atoms with van der Waals surface area (Å²) in [6.07, 6.45) is 2.92. The molecule has 18 heavy (non-hydrogen) atoms. The zero-order valence-corrected chi connectivity index (χ0v) is 13.3. The van der Waals surface area contributed by atoms with Crippen molar-refractivity contribution in [3.63, 3.8) is 0 Å². The van der Waals surface area contributed by atoms with E-state index in [-0.39, 0.29) is 36.8 Å². The molecule has 0 saturated heterocycles. The van der Waals surface area contributed by atoms with E-state index < -0.39 is 5.54 Å². The lowest BCUT2D eigenvalue weighted by molar-refractivity contribution is -0.122. The van der Waals surface area contributed by atoms with E-state index in [4.69, 9.17) is 5.73 Å². The fourth-order valence-electron chi connectivity index (χ4n) is 1.36. The molecule has 1 atom stereocenters. The van der Waals surface area contributed by atoms with E-state index in [2.05, 4.69) is 10.3 Å². The quantitative estimate of drug-likeness (QED) is 0.877. The van der Waals surface area contributed by atoms with Gasteiger partial charge in [-0.1, -0.05) is 0 Å². The van der Waals surface area contributed by atoms with Crippen molar-refractivity contribution in [3.8, 4) is 0 Å². The molecule has 0 radical (unpaired) electrons. The number of nitrogens with zero attached hydrogens (tertiary/aromatic N) is 1. The Kier molecular flexibility index (Phi) is 9.64. The van der Waals surface area contributed by atoms with Crippen LogP contribution in [0.5, 0.6) is 0 Å². The Morgan fingerprint density at radius 2 is 2.17 bits per heavy atom. The molecule has 1 heterocycles. The average molecular weight is 314 g/mol. The second kappa shape index (κ2) is 8.69. The Bertz CT molecular complexity index is 342. The van der Waals surface area contributed by atoms with Gasteiger partial charge in [0.25, 0.3) is 0 Å². The van der Waals surface area contributed by atoms with Crippen LogP contribution >= 0.6 is 36.2 Å².